The van der Waals surface area contributed by atoms with E-state index < -0.39 is 0 Å². The van der Waals surface area contributed by atoms with Crippen LogP contribution in [0.25, 0.3) is 11.0 Å². The highest BCUT2D eigenvalue weighted by Gasteiger charge is 2.24. The number of ether oxygens (including phenoxy) is 1. The summed E-state index contributed by atoms with van der Waals surface area (Å²) in [5.41, 5.74) is 4.29. The zero-order valence-corrected chi connectivity index (χ0v) is 17.5. The van der Waals surface area contributed by atoms with Gasteiger partial charge in [0.25, 0.3) is 0 Å². The van der Waals surface area contributed by atoms with Crippen molar-refractivity contribution < 1.29 is 9.84 Å². The average molecular weight is 409 g/mol. The fourth-order valence-corrected chi connectivity index (χ4v) is 4.64. The SMILES string of the molecule is COc1cc2c(cc1Nc1ncc3cnn([C@H]4CCC[C@@H](O)C4)c3n1)CN(C)CC2. The summed E-state index contributed by atoms with van der Waals surface area (Å²) >= 11 is 0. The number of fused-ring (bicyclic) bond motifs is 2. The zero-order valence-electron chi connectivity index (χ0n) is 17.5. The van der Waals surface area contributed by atoms with Crippen molar-refractivity contribution in [2.24, 2.45) is 0 Å². The van der Waals surface area contributed by atoms with Crippen molar-refractivity contribution in [1.82, 2.24) is 24.6 Å². The molecule has 0 radical (unpaired) electrons. The second-order valence-corrected chi connectivity index (χ2v) is 8.47. The minimum atomic E-state index is -0.264. The number of hydrogen-bond acceptors (Lipinski definition) is 7. The fraction of sp³-hybridized carbons (Fsp3) is 0.500. The van der Waals surface area contributed by atoms with Crippen LogP contribution in [-0.4, -0.2) is 56.6 Å². The molecule has 8 nitrogen and oxygen atoms in total. The van der Waals surface area contributed by atoms with Crippen LogP contribution >= 0.6 is 0 Å². The molecule has 1 fully saturated rings. The van der Waals surface area contributed by atoms with E-state index in [1.54, 1.807) is 19.5 Å². The number of aromatic nitrogens is 4. The predicted molar refractivity (Wildman–Crippen MR) is 115 cm³/mol. The molecule has 2 aromatic heterocycles. The summed E-state index contributed by atoms with van der Waals surface area (Å²) in [6.07, 6.45) is 7.95. The molecule has 2 aliphatic rings. The molecule has 0 saturated heterocycles. The van der Waals surface area contributed by atoms with Crippen LogP contribution in [0.4, 0.5) is 11.6 Å². The third kappa shape index (κ3) is 3.61. The largest absolute Gasteiger partial charge is 0.495 e. The summed E-state index contributed by atoms with van der Waals surface area (Å²) in [4.78, 5) is 11.6. The molecule has 1 saturated carbocycles. The molecule has 5 rings (SSSR count). The molecule has 2 atom stereocenters. The van der Waals surface area contributed by atoms with Gasteiger partial charge in [-0.1, -0.05) is 0 Å². The standard InChI is InChI=1S/C22H28N6O2/c1-27-7-6-14-9-20(30-2)19(8-15(14)13-27)25-22-23-11-16-12-24-28(21(16)26-22)17-4-3-5-18(29)10-17/h8-9,11-12,17-18,29H,3-7,10,13H2,1-2H3,(H,23,25,26)/t17-,18+/m0/s1. The van der Waals surface area contributed by atoms with Crippen LogP contribution in [0.3, 0.4) is 0 Å². The number of benzene rings is 1. The van der Waals surface area contributed by atoms with Gasteiger partial charge in [-0.2, -0.15) is 10.1 Å². The second kappa shape index (κ2) is 7.85. The molecule has 3 aromatic rings. The predicted octanol–water partition coefficient (Wildman–Crippen LogP) is 3.04. The molecular formula is C22H28N6O2. The van der Waals surface area contributed by atoms with Gasteiger partial charge >= 0.3 is 0 Å². The number of rotatable bonds is 4. The summed E-state index contributed by atoms with van der Waals surface area (Å²) in [7, 11) is 3.83. The van der Waals surface area contributed by atoms with E-state index in [1.165, 1.54) is 11.1 Å². The van der Waals surface area contributed by atoms with Crippen molar-refractivity contribution in [1.29, 1.82) is 0 Å². The fourth-order valence-electron chi connectivity index (χ4n) is 4.64. The van der Waals surface area contributed by atoms with Gasteiger partial charge in [0.15, 0.2) is 5.65 Å². The van der Waals surface area contributed by atoms with Crippen molar-refractivity contribution in [2.45, 2.75) is 50.8 Å². The minimum absolute atomic E-state index is 0.169. The third-order valence-electron chi connectivity index (χ3n) is 6.27. The molecule has 1 aliphatic heterocycles. The van der Waals surface area contributed by atoms with Crippen LogP contribution in [0, 0.1) is 0 Å². The number of anilines is 2. The molecule has 0 amide bonds. The number of nitrogens with zero attached hydrogens (tertiary/aromatic N) is 5. The van der Waals surface area contributed by atoms with Gasteiger partial charge in [-0.15, -0.1) is 0 Å². The summed E-state index contributed by atoms with van der Waals surface area (Å²) in [5.74, 6) is 1.31. The highest BCUT2D eigenvalue weighted by Crippen LogP contribution is 2.34. The van der Waals surface area contributed by atoms with E-state index in [9.17, 15) is 5.11 Å². The van der Waals surface area contributed by atoms with Gasteiger partial charge in [-0.05, 0) is 62.4 Å². The topological polar surface area (TPSA) is 88.3 Å². The zero-order chi connectivity index (χ0) is 20.7. The molecule has 8 heteroatoms. The number of methoxy groups -OCH3 is 1. The number of aliphatic hydroxyl groups excluding tert-OH is 1. The van der Waals surface area contributed by atoms with Gasteiger partial charge in [-0.3, -0.25) is 0 Å². The van der Waals surface area contributed by atoms with Crippen molar-refractivity contribution >= 4 is 22.7 Å². The van der Waals surface area contributed by atoms with Gasteiger partial charge < -0.3 is 20.1 Å². The van der Waals surface area contributed by atoms with Gasteiger partial charge in [0, 0.05) is 19.3 Å². The number of nitrogens with one attached hydrogen (secondary N) is 1. The maximum absolute atomic E-state index is 10.1. The Morgan fingerprint density at radius 3 is 2.93 bits per heavy atom. The first-order valence-electron chi connectivity index (χ1n) is 10.6. The lowest BCUT2D eigenvalue weighted by Gasteiger charge is -2.26. The summed E-state index contributed by atoms with van der Waals surface area (Å²) in [5, 5.41) is 18.9. The van der Waals surface area contributed by atoms with Crippen molar-refractivity contribution in [2.75, 3.05) is 26.0 Å². The second-order valence-electron chi connectivity index (χ2n) is 8.47. The van der Waals surface area contributed by atoms with E-state index in [2.05, 4.69) is 39.5 Å². The Bertz CT molecular complexity index is 1070. The van der Waals surface area contributed by atoms with Gasteiger partial charge in [-0.25, -0.2) is 9.67 Å². The van der Waals surface area contributed by atoms with Gasteiger partial charge in [0.1, 0.15) is 5.75 Å². The highest BCUT2D eigenvalue weighted by molar-refractivity contribution is 5.76. The van der Waals surface area contributed by atoms with Crippen LogP contribution in [0.2, 0.25) is 0 Å². The Labute approximate surface area is 175 Å². The van der Waals surface area contributed by atoms with Crippen LogP contribution in [0.15, 0.2) is 24.5 Å². The first-order chi connectivity index (χ1) is 14.6. The molecular weight excluding hydrogens is 380 g/mol. The minimum Gasteiger partial charge on any atom is -0.495 e. The Morgan fingerprint density at radius 2 is 2.10 bits per heavy atom. The first kappa shape index (κ1) is 19.3. The van der Waals surface area contributed by atoms with Crippen molar-refractivity contribution in [3.05, 3.63) is 35.7 Å². The maximum Gasteiger partial charge on any atom is 0.229 e. The Morgan fingerprint density at radius 1 is 1.20 bits per heavy atom. The molecule has 0 spiro atoms. The first-order valence-corrected chi connectivity index (χ1v) is 10.6. The quantitative estimate of drug-likeness (QED) is 0.686. The van der Waals surface area contributed by atoms with E-state index in [0.29, 0.717) is 5.95 Å². The van der Waals surface area contributed by atoms with E-state index in [-0.39, 0.29) is 12.1 Å². The lowest BCUT2D eigenvalue weighted by molar-refractivity contribution is 0.101. The van der Waals surface area contributed by atoms with E-state index in [1.807, 2.05) is 4.68 Å². The average Bonchev–Trinajstić information content (AvgIpc) is 3.16. The monoisotopic (exact) mass is 408 g/mol. The van der Waals surface area contributed by atoms with Crippen LogP contribution in [-0.2, 0) is 13.0 Å². The van der Waals surface area contributed by atoms with Crippen LogP contribution in [0.1, 0.15) is 42.9 Å². The lowest BCUT2D eigenvalue weighted by atomic mass is 9.93. The molecule has 30 heavy (non-hydrogen) atoms. The number of likely N-dealkylation sites (N-methyl/N-ethyl adjacent to an activating group) is 1. The molecule has 0 bridgehead atoms. The van der Waals surface area contributed by atoms with Crippen molar-refractivity contribution in [3.63, 3.8) is 0 Å². The van der Waals surface area contributed by atoms with Gasteiger partial charge in [0.2, 0.25) is 5.95 Å². The molecule has 1 aromatic carbocycles. The third-order valence-corrected chi connectivity index (χ3v) is 6.27. The van der Waals surface area contributed by atoms with Crippen LogP contribution in [0.5, 0.6) is 5.75 Å². The van der Waals surface area contributed by atoms with Crippen LogP contribution < -0.4 is 10.1 Å². The number of hydrogen-bond donors (Lipinski definition) is 2. The Balaban J connectivity index is 1.47. The van der Waals surface area contributed by atoms with E-state index in [4.69, 9.17) is 9.72 Å². The normalized spacial score (nSPS) is 22.1. The summed E-state index contributed by atoms with van der Waals surface area (Å²) in [6.45, 7) is 1.98. The molecule has 158 valence electrons. The molecule has 0 unspecified atom stereocenters. The lowest BCUT2D eigenvalue weighted by Crippen LogP contribution is -2.26. The van der Waals surface area contributed by atoms with Gasteiger partial charge in [0.05, 0.1) is 36.5 Å². The summed E-state index contributed by atoms with van der Waals surface area (Å²) in [6, 6.07) is 4.44. The van der Waals surface area contributed by atoms with Crippen molar-refractivity contribution in [3.8, 4) is 5.75 Å². The summed E-state index contributed by atoms with van der Waals surface area (Å²) < 4.78 is 7.58. The maximum atomic E-state index is 10.1. The number of aliphatic hydroxyl groups is 1. The highest BCUT2D eigenvalue weighted by atomic mass is 16.5. The van der Waals surface area contributed by atoms with E-state index in [0.717, 1.165) is 67.7 Å². The molecule has 2 N–H and O–H groups in total. The Kier molecular flexibility index (Phi) is 5.04. The smallest absolute Gasteiger partial charge is 0.229 e. The molecule has 3 heterocycles. The van der Waals surface area contributed by atoms with E-state index >= 15 is 0 Å². The molecule has 1 aliphatic carbocycles. The Hall–Kier alpha value is -2.71.